The minimum absolute atomic E-state index is 0.0409. The van der Waals surface area contributed by atoms with Gasteiger partial charge in [0.05, 0.1) is 22.2 Å². The molecule has 0 bridgehead atoms. The molecule has 0 aliphatic heterocycles. The molecule has 1 amide bonds. The summed E-state index contributed by atoms with van der Waals surface area (Å²) >= 11 is 0. The van der Waals surface area contributed by atoms with Crippen LogP contribution in [0.25, 0.3) is 10.8 Å². The molecule has 196 valence electrons. The third kappa shape index (κ3) is 6.11. The topological polar surface area (TPSA) is 106 Å². The Morgan fingerprint density at radius 1 is 1.08 bits per heavy atom. The number of likely N-dealkylation sites (N-methyl/N-ethyl adjacent to an activating group) is 2. The van der Waals surface area contributed by atoms with Crippen molar-refractivity contribution in [1.82, 2.24) is 20.1 Å². The molecule has 0 radical (unpaired) electrons. The number of pyridine rings is 1. The highest BCUT2D eigenvalue weighted by atomic mass is 19.1. The van der Waals surface area contributed by atoms with Crippen molar-refractivity contribution in [3.8, 4) is 17.9 Å². The third-order valence-electron chi connectivity index (χ3n) is 6.40. The lowest BCUT2D eigenvalue weighted by atomic mass is 10.0. The van der Waals surface area contributed by atoms with Gasteiger partial charge in [0.2, 0.25) is 0 Å². The van der Waals surface area contributed by atoms with Crippen molar-refractivity contribution in [3.05, 3.63) is 98.8 Å². The minimum atomic E-state index is -0.614. The van der Waals surface area contributed by atoms with Crippen LogP contribution in [-0.2, 0) is 6.42 Å². The first-order chi connectivity index (χ1) is 18.8. The molecule has 2 aromatic heterocycles. The van der Waals surface area contributed by atoms with Crippen LogP contribution in [0.4, 0.5) is 10.2 Å². The molecular formula is C30H27FN6O2. The van der Waals surface area contributed by atoms with Crippen LogP contribution in [0.5, 0.6) is 0 Å². The highest BCUT2D eigenvalue weighted by Gasteiger charge is 2.19. The average molecular weight is 523 g/mol. The molecule has 1 N–H and O–H groups in total. The second kappa shape index (κ2) is 12.0. The molecule has 0 atom stereocenters. The Bertz CT molecular complexity index is 1680. The Morgan fingerprint density at radius 2 is 1.87 bits per heavy atom. The summed E-state index contributed by atoms with van der Waals surface area (Å²) in [6.07, 6.45) is 1.79. The Hall–Kier alpha value is -5.02. The van der Waals surface area contributed by atoms with Gasteiger partial charge in [-0.2, -0.15) is 10.4 Å². The van der Waals surface area contributed by atoms with Crippen LogP contribution in [0.1, 0.15) is 46.6 Å². The smallest absolute Gasteiger partial charge is 0.272 e. The van der Waals surface area contributed by atoms with Crippen LogP contribution >= 0.6 is 0 Å². The number of aromatic nitrogens is 3. The van der Waals surface area contributed by atoms with Crippen LogP contribution in [-0.4, -0.2) is 52.7 Å². The van der Waals surface area contributed by atoms with E-state index >= 15 is 0 Å². The van der Waals surface area contributed by atoms with Gasteiger partial charge in [0.1, 0.15) is 17.7 Å². The molecule has 0 spiro atoms. The summed E-state index contributed by atoms with van der Waals surface area (Å²) in [5.41, 5.74) is 2.15. The first-order valence-corrected chi connectivity index (χ1v) is 12.4. The molecule has 8 nitrogen and oxygen atoms in total. The summed E-state index contributed by atoms with van der Waals surface area (Å²) < 4.78 is 14.8. The van der Waals surface area contributed by atoms with E-state index < -0.39 is 11.7 Å². The number of amides is 1. The second-order valence-electron chi connectivity index (χ2n) is 8.95. The first kappa shape index (κ1) is 27.0. The fraction of sp³-hybridized carbons (Fsp3) is 0.233. The fourth-order valence-electron chi connectivity index (χ4n) is 4.27. The summed E-state index contributed by atoms with van der Waals surface area (Å²) in [5.74, 6) is 5.46. The number of hydrogen-bond donors (Lipinski definition) is 1. The van der Waals surface area contributed by atoms with Crippen LogP contribution in [0.3, 0.4) is 0 Å². The Balaban J connectivity index is 1.53. The van der Waals surface area contributed by atoms with E-state index in [0.29, 0.717) is 53.0 Å². The predicted molar refractivity (Wildman–Crippen MR) is 148 cm³/mol. The van der Waals surface area contributed by atoms with Crippen molar-refractivity contribution in [2.45, 2.75) is 20.3 Å². The highest BCUT2D eigenvalue weighted by molar-refractivity contribution is 5.94. The minimum Gasteiger partial charge on any atom is -0.355 e. The van der Waals surface area contributed by atoms with Crippen molar-refractivity contribution in [3.63, 3.8) is 0 Å². The van der Waals surface area contributed by atoms with Gasteiger partial charge in [-0.05, 0) is 61.9 Å². The van der Waals surface area contributed by atoms with Gasteiger partial charge in [0.25, 0.3) is 11.5 Å². The molecular weight excluding hydrogens is 495 g/mol. The second-order valence-corrected chi connectivity index (χ2v) is 8.95. The molecule has 2 heterocycles. The zero-order chi connectivity index (χ0) is 27.9. The maximum Gasteiger partial charge on any atom is 0.272 e. The number of H-pyrrole nitrogens is 1. The standard InChI is InChI=1S/C30H27FN6O2/c1-4-6-20-7-10-23-24(15-20)27(34-35-29(23)38)17-21-8-11-26(31)25(16-21)30(39)36(3)13-14-37(5-2)28-12-9-22(18-32)19-33-28/h7-12,15-16,19H,5,13-14,17H2,1-3H3,(H,35,38). The molecule has 0 fully saturated rings. The van der Waals surface area contributed by atoms with Gasteiger partial charge in [-0.1, -0.05) is 12.0 Å². The van der Waals surface area contributed by atoms with Gasteiger partial charge in [-0.15, -0.1) is 5.92 Å². The van der Waals surface area contributed by atoms with Crippen molar-refractivity contribution >= 4 is 22.5 Å². The molecule has 9 heteroatoms. The van der Waals surface area contributed by atoms with Crippen LogP contribution in [0.2, 0.25) is 0 Å². The lowest BCUT2D eigenvalue weighted by molar-refractivity contribution is 0.0793. The third-order valence-corrected chi connectivity index (χ3v) is 6.40. The summed E-state index contributed by atoms with van der Waals surface area (Å²) in [6.45, 7) is 5.17. The highest BCUT2D eigenvalue weighted by Crippen LogP contribution is 2.21. The molecule has 39 heavy (non-hydrogen) atoms. The van der Waals surface area contributed by atoms with Crippen molar-refractivity contribution in [2.24, 2.45) is 0 Å². The number of nitrogens with zero attached hydrogens (tertiary/aromatic N) is 5. The van der Waals surface area contributed by atoms with Crippen LogP contribution < -0.4 is 10.5 Å². The average Bonchev–Trinajstić information content (AvgIpc) is 2.96. The fourth-order valence-corrected chi connectivity index (χ4v) is 4.27. The van der Waals surface area contributed by atoms with E-state index in [1.165, 1.54) is 23.2 Å². The van der Waals surface area contributed by atoms with Gasteiger partial charge < -0.3 is 9.80 Å². The zero-order valence-electron chi connectivity index (χ0n) is 22.0. The number of rotatable bonds is 8. The van der Waals surface area contributed by atoms with E-state index in [-0.39, 0.29) is 17.5 Å². The largest absolute Gasteiger partial charge is 0.355 e. The number of fused-ring (bicyclic) bond motifs is 1. The molecule has 4 aromatic rings. The van der Waals surface area contributed by atoms with Gasteiger partial charge in [0.15, 0.2) is 0 Å². The Morgan fingerprint density at radius 3 is 2.56 bits per heavy atom. The lowest BCUT2D eigenvalue weighted by Gasteiger charge is -2.25. The molecule has 4 rings (SSSR count). The van der Waals surface area contributed by atoms with Crippen LogP contribution in [0, 0.1) is 29.0 Å². The van der Waals surface area contributed by atoms with E-state index in [9.17, 15) is 14.0 Å². The van der Waals surface area contributed by atoms with Gasteiger partial charge in [-0.3, -0.25) is 9.59 Å². The van der Waals surface area contributed by atoms with Crippen molar-refractivity contribution in [2.75, 3.05) is 31.6 Å². The molecule has 2 aromatic carbocycles. The number of nitrogens with one attached hydrogen (secondary N) is 1. The summed E-state index contributed by atoms with van der Waals surface area (Å²) in [7, 11) is 1.63. The number of halogens is 1. The van der Waals surface area contributed by atoms with E-state index in [1.54, 1.807) is 44.3 Å². The van der Waals surface area contributed by atoms with E-state index in [1.807, 2.05) is 24.0 Å². The normalized spacial score (nSPS) is 10.4. The summed E-state index contributed by atoms with van der Waals surface area (Å²) in [4.78, 5) is 33.3. The summed E-state index contributed by atoms with van der Waals surface area (Å²) in [6, 6.07) is 15.2. The lowest BCUT2D eigenvalue weighted by Crippen LogP contribution is -2.37. The number of carbonyl (C=O) groups excluding carboxylic acids is 1. The Labute approximate surface area is 225 Å². The maximum absolute atomic E-state index is 14.8. The SMILES string of the molecule is CC#Cc1ccc2c(=O)[nH]nc(Cc3ccc(F)c(C(=O)N(C)CCN(CC)c4ccc(C#N)cn4)c3)c2c1. The van der Waals surface area contributed by atoms with E-state index in [4.69, 9.17) is 5.26 Å². The molecule has 0 unspecified atom stereocenters. The Kier molecular flexibility index (Phi) is 8.33. The van der Waals surface area contributed by atoms with Gasteiger partial charge in [-0.25, -0.2) is 14.5 Å². The van der Waals surface area contributed by atoms with Gasteiger partial charge in [0, 0.05) is 50.2 Å². The zero-order valence-corrected chi connectivity index (χ0v) is 22.0. The maximum atomic E-state index is 14.8. The van der Waals surface area contributed by atoms with E-state index in [2.05, 4.69) is 27.0 Å². The van der Waals surface area contributed by atoms with Crippen molar-refractivity contribution in [1.29, 1.82) is 5.26 Å². The monoisotopic (exact) mass is 522 g/mol. The summed E-state index contributed by atoms with van der Waals surface area (Å²) in [5, 5.41) is 16.9. The molecule has 0 saturated heterocycles. The number of carbonyl (C=O) groups is 1. The number of anilines is 1. The predicted octanol–water partition coefficient (Wildman–Crippen LogP) is 3.89. The number of hydrogen-bond acceptors (Lipinski definition) is 6. The molecule has 0 aliphatic rings. The molecule has 0 saturated carbocycles. The van der Waals surface area contributed by atoms with Crippen molar-refractivity contribution < 1.29 is 9.18 Å². The van der Waals surface area contributed by atoms with Gasteiger partial charge >= 0.3 is 0 Å². The first-order valence-electron chi connectivity index (χ1n) is 12.4. The number of benzene rings is 2. The molecule has 0 aliphatic carbocycles. The van der Waals surface area contributed by atoms with Crippen LogP contribution in [0.15, 0.2) is 59.5 Å². The van der Waals surface area contributed by atoms with E-state index in [0.717, 1.165) is 5.56 Å². The number of aromatic amines is 1. The number of nitriles is 1. The quantitative estimate of drug-likeness (QED) is 0.352.